The zero-order chi connectivity index (χ0) is 13.8. The van der Waals surface area contributed by atoms with Gasteiger partial charge in [0.15, 0.2) is 5.78 Å². The van der Waals surface area contributed by atoms with E-state index in [9.17, 15) is 4.79 Å². The van der Waals surface area contributed by atoms with Crippen molar-refractivity contribution in [3.63, 3.8) is 0 Å². The van der Waals surface area contributed by atoms with Crippen molar-refractivity contribution in [2.45, 2.75) is 18.3 Å². The molecule has 0 unspecified atom stereocenters. The third-order valence-corrected chi connectivity index (χ3v) is 3.20. The van der Waals surface area contributed by atoms with Gasteiger partial charge in [-0.25, -0.2) is 0 Å². The largest absolute Gasteiger partial charge is 0.497 e. The van der Waals surface area contributed by atoms with Crippen LogP contribution in [0.2, 0.25) is 0 Å². The Hall–Kier alpha value is -1.62. The van der Waals surface area contributed by atoms with E-state index in [1.807, 2.05) is 31.2 Å². The van der Waals surface area contributed by atoms with E-state index in [1.165, 1.54) is 0 Å². The number of benzene rings is 1. The Morgan fingerprint density at radius 2 is 2.11 bits per heavy atom. The van der Waals surface area contributed by atoms with Gasteiger partial charge in [-0.15, -0.1) is 0 Å². The normalized spacial score (nSPS) is 12.2. The van der Waals surface area contributed by atoms with Crippen molar-refractivity contribution in [2.75, 3.05) is 7.11 Å². The van der Waals surface area contributed by atoms with E-state index < -0.39 is 0 Å². The lowest BCUT2D eigenvalue weighted by Gasteiger charge is -2.03. The topological polar surface area (TPSA) is 44.1 Å². The third kappa shape index (κ3) is 3.44. The van der Waals surface area contributed by atoms with E-state index in [-0.39, 0.29) is 10.6 Å². The zero-order valence-electron chi connectivity index (χ0n) is 10.8. The molecule has 0 fully saturated rings. The van der Waals surface area contributed by atoms with Crippen molar-refractivity contribution in [3.05, 3.63) is 47.8 Å². The third-order valence-electron chi connectivity index (χ3n) is 2.78. The number of ketones is 1. The highest BCUT2D eigenvalue weighted by Crippen LogP contribution is 2.13. The number of ether oxygens (including phenoxy) is 1. The van der Waals surface area contributed by atoms with Crippen LogP contribution in [0.25, 0.3) is 0 Å². The highest BCUT2D eigenvalue weighted by molar-refractivity contribution is 9.10. The number of carbonyl (C=O) groups excluding carboxylic acids is 1. The fraction of sp³-hybridized carbons (Fsp3) is 0.286. The van der Waals surface area contributed by atoms with Crippen LogP contribution in [-0.4, -0.2) is 27.5 Å². The number of hydrogen-bond acceptors (Lipinski definition) is 3. The summed E-state index contributed by atoms with van der Waals surface area (Å²) in [5, 5.41) is 4.20. The van der Waals surface area contributed by atoms with Crippen LogP contribution in [0.15, 0.2) is 36.7 Å². The summed E-state index contributed by atoms with van der Waals surface area (Å²) in [6, 6.07) is 7.78. The molecule has 100 valence electrons. The Labute approximate surface area is 120 Å². The smallest absolute Gasteiger partial charge is 0.179 e. The lowest BCUT2D eigenvalue weighted by molar-refractivity contribution is 0.0996. The summed E-state index contributed by atoms with van der Waals surface area (Å²) in [5.41, 5.74) is 1.73. The molecule has 0 N–H and O–H groups in total. The molecule has 1 heterocycles. The van der Waals surface area contributed by atoms with E-state index in [4.69, 9.17) is 4.74 Å². The van der Waals surface area contributed by atoms with Gasteiger partial charge in [0.1, 0.15) is 5.75 Å². The molecular weight excluding hydrogens is 308 g/mol. The van der Waals surface area contributed by atoms with Crippen LogP contribution in [0.5, 0.6) is 5.75 Å². The van der Waals surface area contributed by atoms with Crippen LogP contribution >= 0.6 is 15.9 Å². The van der Waals surface area contributed by atoms with Gasteiger partial charge in [-0.1, -0.05) is 28.1 Å². The number of rotatable bonds is 5. The Kier molecular flexibility index (Phi) is 4.37. The Bertz CT molecular complexity index is 561. The lowest BCUT2D eigenvalue weighted by atomic mass is 10.2. The van der Waals surface area contributed by atoms with Gasteiger partial charge in [-0.2, -0.15) is 5.10 Å². The van der Waals surface area contributed by atoms with E-state index in [0.29, 0.717) is 12.1 Å². The SMILES string of the molecule is COc1ccc(Cn2cc(C(=O)[C@H](C)Br)cn2)cc1. The first-order valence-corrected chi connectivity index (χ1v) is 6.85. The second kappa shape index (κ2) is 6.02. The van der Waals surface area contributed by atoms with Gasteiger partial charge in [0.2, 0.25) is 0 Å². The van der Waals surface area contributed by atoms with Crippen LogP contribution in [0.3, 0.4) is 0 Å². The quantitative estimate of drug-likeness (QED) is 0.628. The summed E-state index contributed by atoms with van der Waals surface area (Å²) in [6.45, 7) is 2.44. The Morgan fingerprint density at radius 3 is 2.68 bits per heavy atom. The molecule has 2 aromatic rings. The van der Waals surface area contributed by atoms with E-state index in [2.05, 4.69) is 21.0 Å². The van der Waals surface area contributed by atoms with Gasteiger partial charge < -0.3 is 4.74 Å². The molecule has 0 saturated heterocycles. The molecular formula is C14H15BrN2O2. The maximum Gasteiger partial charge on any atom is 0.179 e. The average molecular weight is 323 g/mol. The van der Waals surface area contributed by atoms with Crippen molar-refractivity contribution in [3.8, 4) is 5.75 Å². The Morgan fingerprint density at radius 1 is 1.42 bits per heavy atom. The van der Waals surface area contributed by atoms with E-state index in [0.717, 1.165) is 11.3 Å². The second-order valence-electron chi connectivity index (χ2n) is 4.25. The number of alkyl halides is 1. The molecule has 4 nitrogen and oxygen atoms in total. The first-order chi connectivity index (χ1) is 9.10. The molecule has 0 saturated carbocycles. The van der Waals surface area contributed by atoms with Crippen molar-refractivity contribution >= 4 is 21.7 Å². The summed E-state index contributed by atoms with van der Waals surface area (Å²) in [5.74, 6) is 0.870. The molecule has 19 heavy (non-hydrogen) atoms. The first-order valence-electron chi connectivity index (χ1n) is 5.94. The van der Waals surface area contributed by atoms with E-state index >= 15 is 0 Å². The second-order valence-corrected chi connectivity index (χ2v) is 5.63. The van der Waals surface area contributed by atoms with Crippen LogP contribution < -0.4 is 4.74 Å². The number of Topliss-reactive ketones (excluding diaryl/α,β-unsaturated/α-hetero) is 1. The minimum atomic E-state index is -0.189. The molecule has 0 radical (unpaired) electrons. The first kappa shape index (κ1) is 13.8. The monoisotopic (exact) mass is 322 g/mol. The minimum Gasteiger partial charge on any atom is -0.497 e. The van der Waals surface area contributed by atoms with E-state index in [1.54, 1.807) is 24.2 Å². The van der Waals surface area contributed by atoms with Crippen molar-refractivity contribution in [2.24, 2.45) is 0 Å². The standard InChI is InChI=1S/C14H15BrN2O2/c1-10(15)14(18)12-7-16-17(9-12)8-11-3-5-13(19-2)6-4-11/h3-7,9-10H,8H2,1-2H3/t10-/m0/s1. The average Bonchev–Trinajstić information content (AvgIpc) is 2.87. The van der Waals surface area contributed by atoms with Crippen LogP contribution in [-0.2, 0) is 6.54 Å². The lowest BCUT2D eigenvalue weighted by Crippen LogP contribution is -2.09. The van der Waals surface area contributed by atoms with Crippen LogP contribution in [0.4, 0.5) is 0 Å². The number of carbonyl (C=O) groups is 1. The minimum absolute atomic E-state index is 0.0426. The molecule has 0 spiro atoms. The number of aromatic nitrogens is 2. The van der Waals surface area contributed by atoms with Gasteiger partial charge in [0.25, 0.3) is 0 Å². The summed E-state index contributed by atoms with van der Waals surface area (Å²) in [4.78, 5) is 11.6. The number of nitrogens with zero attached hydrogens (tertiary/aromatic N) is 2. The summed E-state index contributed by atoms with van der Waals surface area (Å²) < 4.78 is 6.86. The van der Waals surface area contributed by atoms with Gasteiger partial charge in [0.05, 0.1) is 30.2 Å². The van der Waals surface area contributed by atoms with Gasteiger partial charge >= 0.3 is 0 Å². The fourth-order valence-electron chi connectivity index (χ4n) is 1.72. The highest BCUT2D eigenvalue weighted by atomic mass is 79.9. The predicted molar refractivity (Wildman–Crippen MR) is 77.0 cm³/mol. The molecule has 1 aromatic heterocycles. The molecule has 1 atom stereocenters. The fourth-order valence-corrected chi connectivity index (χ4v) is 1.99. The molecule has 0 aliphatic rings. The van der Waals surface area contributed by atoms with Crippen molar-refractivity contribution in [1.29, 1.82) is 0 Å². The van der Waals surface area contributed by atoms with Gasteiger partial charge in [-0.05, 0) is 24.6 Å². The molecule has 0 bridgehead atoms. The van der Waals surface area contributed by atoms with Crippen molar-refractivity contribution < 1.29 is 9.53 Å². The Balaban J connectivity index is 2.09. The molecule has 5 heteroatoms. The summed E-state index contributed by atoms with van der Waals surface area (Å²) in [7, 11) is 1.64. The number of halogens is 1. The van der Waals surface area contributed by atoms with Gasteiger partial charge in [-0.3, -0.25) is 9.48 Å². The van der Waals surface area contributed by atoms with Gasteiger partial charge in [0, 0.05) is 6.20 Å². The molecule has 0 aliphatic heterocycles. The zero-order valence-corrected chi connectivity index (χ0v) is 12.4. The van der Waals surface area contributed by atoms with Crippen LogP contribution in [0.1, 0.15) is 22.8 Å². The molecule has 0 amide bonds. The number of methoxy groups -OCH3 is 1. The maximum atomic E-state index is 11.8. The van der Waals surface area contributed by atoms with Crippen LogP contribution in [0, 0.1) is 0 Å². The molecule has 1 aromatic carbocycles. The molecule has 0 aliphatic carbocycles. The maximum absolute atomic E-state index is 11.8. The number of hydrogen-bond donors (Lipinski definition) is 0. The summed E-state index contributed by atoms with van der Waals surface area (Å²) in [6.07, 6.45) is 3.37. The van der Waals surface area contributed by atoms with Crippen molar-refractivity contribution in [1.82, 2.24) is 9.78 Å². The summed E-state index contributed by atoms with van der Waals surface area (Å²) >= 11 is 3.27. The predicted octanol–water partition coefficient (Wildman–Crippen LogP) is 2.91. The molecule has 2 rings (SSSR count). The highest BCUT2D eigenvalue weighted by Gasteiger charge is 2.13.